The van der Waals surface area contributed by atoms with Gasteiger partial charge in [-0.05, 0) is 51.4 Å². The lowest BCUT2D eigenvalue weighted by Gasteiger charge is -2.29. The van der Waals surface area contributed by atoms with Gasteiger partial charge in [-0.25, -0.2) is 4.39 Å². The number of benzene rings is 1. The molecule has 130 valence electrons. The standard InChI is InChI=1S/C17H27FN4.HI/c1-19-17(21-13-15-5-3-4-6-16(15)18)20-10-7-14-8-11-22(2)12-9-14;/h3-6,14H,7-13H2,1-2H3,(H2,19,20,21);1H. The minimum absolute atomic E-state index is 0. The molecule has 0 unspecified atom stereocenters. The average Bonchev–Trinajstić information content (AvgIpc) is 2.54. The average molecular weight is 434 g/mol. The van der Waals surface area contributed by atoms with Gasteiger partial charge in [0.2, 0.25) is 0 Å². The molecule has 1 aromatic rings. The third-order valence-electron chi connectivity index (χ3n) is 4.31. The van der Waals surface area contributed by atoms with Crippen LogP contribution < -0.4 is 10.6 Å². The fourth-order valence-electron chi connectivity index (χ4n) is 2.79. The van der Waals surface area contributed by atoms with Crippen LogP contribution in [0.1, 0.15) is 24.8 Å². The van der Waals surface area contributed by atoms with Crippen LogP contribution in [0.3, 0.4) is 0 Å². The molecule has 6 heteroatoms. The smallest absolute Gasteiger partial charge is 0.191 e. The van der Waals surface area contributed by atoms with Gasteiger partial charge < -0.3 is 15.5 Å². The Morgan fingerprint density at radius 1 is 1.26 bits per heavy atom. The van der Waals surface area contributed by atoms with Gasteiger partial charge in [0.05, 0.1) is 0 Å². The monoisotopic (exact) mass is 434 g/mol. The SMILES string of the molecule is CN=C(NCCC1CCN(C)CC1)NCc1ccccc1F.I. The summed E-state index contributed by atoms with van der Waals surface area (Å²) in [6, 6.07) is 6.81. The minimum atomic E-state index is -0.184. The van der Waals surface area contributed by atoms with Crippen LogP contribution in [0.2, 0.25) is 0 Å². The topological polar surface area (TPSA) is 39.7 Å². The second kappa shape index (κ2) is 10.8. The number of hydrogen-bond acceptors (Lipinski definition) is 2. The number of halogens is 2. The second-order valence-corrected chi connectivity index (χ2v) is 5.98. The van der Waals surface area contributed by atoms with E-state index in [0.717, 1.165) is 24.8 Å². The highest BCUT2D eigenvalue weighted by Gasteiger charge is 2.16. The third-order valence-corrected chi connectivity index (χ3v) is 4.31. The highest BCUT2D eigenvalue weighted by molar-refractivity contribution is 14.0. The summed E-state index contributed by atoms with van der Waals surface area (Å²) < 4.78 is 13.6. The van der Waals surface area contributed by atoms with Gasteiger partial charge in [0.25, 0.3) is 0 Å². The van der Waals surface area contributed by atoms with E-state index in [-0.39, 0.29) is 29.8 Å². The van der Waals surface area contributed by atoms with Gasteiger partial charge in [0.1, 0.15) is 5.82 Å². The first-order valence-electron chi connectivity index (χ1n) is 8.05. The Labute approximate surface area is 156 Å². The maximum absolute atomic E-state index is 13.6. The molecule has 1 saturated heterocycles. The first-order valence-corrected chi connectivity index (χ1v) is 8.05. The number of rotatable bonds is 5. The van der Waals surface area contributed by atoms with Crippen LogP contribution in [0.15, 0.2) is 29.3 Å². The van der Waals surface area contributed by atoms with E-state index in [1.807, 2.05) is 6.07 Å². The Morgan fingerprint density at radius 2 is 1.96 bits per heavy atom. The molecule has 1 aliphatic heterocycles. The molecule has 1 aromatic carbocycles. The zero-order valence-electron chi connectivity index (χ0n) is 14.0. The maximum Gasteiger partial charge on any atom is 0.191 e. The molecule has 0 spiro atoms. The Morgan fingerprint density at radius 3 is 2.61 bits per heavy atom. The number of aliphatic imine (C=N–C) groups is 1. The highest BCUT2D eigenvalue weighted by Crippen LogP contribution is 2.18. The molecule has 0 amide bonds. The third kappa shape index (κ3) is 7.03. The Kier molecular flexibility index (Phi) is 9.47. The normalized spacial score (nSPS) is 16.7. The van der Waals surface area contributed by atoms with Crippen LogP contribution in [-0.2, 0) is 6.54 Å². The van der Waals surface area contributed by atoms with Crippen LogP contribution in [0.4, 0.5) is 4.39 Å². The molecule has 1 fully saturated rings. The summed E-state index contributed by atoms with van der Waals surface area (Å²) in [5, 5.41) is 6.48. The van der Waals surface area contributed by atoms with Gasteiger partial charge in [-0.15, -0.1) is 24.0 Å². The summed E-state index contributed by atoms with van der Waals surface area (Å²) in [6.45, 7) is 3.75. The minimum Gasteiger partial charge on any atom is -0.356 e. The van der Waals surface area contributed by atoms with E-state index in [2.05, 4.69) is 27.6 Å². The fourth-order valence-corrected chi connectivity index (χ4v) is 2.79. The van der Waals surface area contributed by atoms with Crippen molar-refractivity contribution < 1.29 is 4.39 Å². The lowest BCUT2D eigenvalue weighted by Crippen LogP contribution is -2.38. The molecule has 0 saturated carbocycles. The molecular formula is C17H28FIN4. The van der Waals surface area contributed by atoms with Crippen molar-refractivity contribution in [3.8, 4) is 0 Å². The van der Waals surface area contributed by atoms with E-state index in [0.29, 0.717) is 12.1 Å². The van der Waals surface area contributed by atoms with E-state index in [1.54, 1.807) is 19.2 Å². The fraction of sp³-hybridized carbons (Fsp3) is 0.588. The summed E-state index contributed by atoms with van der Waals surface area (Å²) in [7, 11) is 3.93. The van der Waals surface area contributed by atoms with Gasteiger partial charge in [-0.3, -0.25) is 4.99 Å². The number of nitrogens with one attached hydrogen (secondary N) is 2. The van der Waals surface area contributed by atoms with E-state index >= 15 is 0 Å². The van der Waals surface area contributed by atoms with Crippen molar-refractivity contribution >= 4 is 29.9 Å². The van der Waals surface area contributed by atoms with Crippen molar-refractivity contribution in [2.24, 2.45) is 10.9 Å². The molecular weight excluding hydrogens is 406 g/mol. The van der Waals surface area contributed by atoms with Crippen LogP contribution in [-0.4, -0.2) is 44.6 Å². The second-order valence-electron chi connectivity index (χ2n) is 5.98. The molecule has 0 aliphatic carbocycles. The molecule has 0 aromatic heterocycles. The molecule has 4 nitrogen and oxygen atoms in total. The quantitative estimate of drug-likeness (QED) is 0.426. The molecule has 0 bridgehead atoms. The maximum atomic E-state index is 13.6. The Hall–Kier alpha value is -0.890. The van der Waals surface area contributed by atoms with Gasteiger partial charge in [-0.2, -0.15) is 0 Å². The summed E-state index contributed by atoms with van der Waals surface area (Å²) in [5.74, 6) is 1.35. The van der Waals surface area contributed by atoms with Gasteiger partial charge >= 0.3 is 0 Å². The zero-order valence-corrected chi connectivity index (χ0v) is 16.3. The lowest BCUT2D eigenvalue weighted by molar-refractivity contribution is 0.213. The molecule has 0 radical (unpaired) electrons. The predicted octanol–water partition coefficient (Wildman–Crippen LogP) is 2.84. The number of guanidine groups is 1. The van der Waals surface area contributed by atoms with E-state index < -0.39 is 0 Å². The zero-order chi connectivity index (χ0) is 15.8. The van der Waals surface area contributed by atoms with Crippen LogP contribution in [0.5, 0.6) is 0 Å². The Bertz CT molecular complexity index is 487. The highest BCUT2D eigenvalue weighted by atomic mass is 127. The van der Waals surface area contributed by atoms with Crippen molar-refractivity contribution in [1.82, 2.24) is 15.5 Å². The van der Waals surface area contributed by atoms with Crippen LogP contribution >= 0.6 is 24.0 Å². The summed E-state index contributed by atoms with van der Waals surface area (Å²) in [5.41, 5.74) is 0.653. The molecule has 1 heterocycles. The predicted molar refractivity (Wildman–Crippen MR) is 105 cm³/mol. The van der Waals surface area contributed by atoms with Crippen molar-refractivity contribution in [1.29, 1.82) is 0 Å². The summed E-state index contributed by atoms with van der Waals surface area (Å²) in [6.07, 6.45) is 3.72. The van der Waals surface area contributed by atoms with Crippen LogP contribution in [0, 0.1) is 11.7 Å². The molecule has 23 heavy (non-hydrogen) atoms. The van der Waals surface area contributed by atoms with E-state index in [9.17, 15) is 4.39 Å². The first kappa shape index (κ1) is 20.2. The summed E-state index contributed by atoms with van der Waals surface area (Å²) in [4.78, 5) is 6.58. The summed E-state index contributed by atoms with van der Waals surface area (Å²) >= 11 is 0. The molecule has 2 rings (SSSR count). The van der Waals surface area contributed by atoms with Crippen LogP contribution in [0.25, 0.3) is 0 Å². The van der Waals surface area contributed by atoms with Gasteiger partial charge in [0, 0.05) is 25.7 Å². The molecule has 0 atom stereocenters. The number of likely N-dealkylation sites (tertiary alicyclic amines) is 1. The van der Waals surface area contributed by atoms with Gasteiger partial charge in [-0.1, -0.05) is 18.2 Å². The van der Waals surface area contributed by atoms with Gasteiger partial charge in [0.15, 0.2) is 5.96 Å². The Balaban J connectivity index is 0.00000264. The molecule has 2 N–H and O–H groups in total. The van der Waals surface area contributed by atoms with Crippen molar-refractivity contribution in [2.75, 3.05) is 33.7 Å². The van der Waals surface area contributed by atoms with E-state index in [4.69, 9.17) is 0 Å². The number of nitrogens with zero attached hydrogens (tertiary/aromatic N) is 2. The first-order chi connectivity index (χ1) is 10.7. The van der Waals surface area contributed by atoms with Crippen molar-refractivity contribution in [2.45, 2.75) is 25.8 Å². The van der Waals surface area contributed by atoms with Crippen molar-refractivity contribution in [3.63, 3.8) is 0 Å². The lowest BCUT2D eigenvalue weighted by atomic mass is 9.94. The number of hydrogen-bond donors (Lipinski definition) is 2. The largest absolute Gasteiger partial charge is 0.356 e. The number of piperidine rings is 1. The molecule has 1 aliphatic rings. The van der Waals surface area contributed by atoms with Crippen molar-refractivity contribution in [3.05, 3.63) is 35.6 Å². The van der Waals surface area contributed by atoms with E-state index in [1.165, 1.54) is 32.0 Å².